The Kier molecular flexibility index (Phi) is 4.72. The summed E-state index contributed by atoms with van der Waals surface area (Å²) in [6, 6.07) is 23.7. The molecule has 0 radical (unpaired) electrons. The van der Waals surface area contributed by atoms with Crippen molar-refractivity contribution in [2.45, 2.75) is 13.8 Å². The summed E-state index contributed by atoms with van der Waals surface area (Å²) < 4.78 is 0. The predicted molar refractivity (Wildman–Crippen MR) is 116 cm³/mol. The van der Waals surface area contributed by atoms with Crippen LogP contribution >= 0.6 is 0 Å². The second-order valence-corrected chi connectivity index (χ2v) is 6.71. The minimum Gasteiger partial charge on any atom is -0.399 e. The standard InChI is InChI=1S/C23H21N5/c1-15-7-9-18(10-8-15)22-25-21-6-4-3-5-20(21)23(26-22)28-27-16(2)17-11-13-19(24)14-12-17/h3-14H,24H2,1-2H3,(H,25,26,28)/b27-16-. The lowest BCUT2D eigenvalue weighted by Crippen LogP contribution is -2.03. The minimum atomic E-state index is 0.668. The summed E-state index contributed by atoms with van der Waals surface area (Å²) in [5.74, 6) is 1.34. The highest BCUT2D eigenvalue weighted by Gasteiger charge is 2.09. The van der Waals surface area contributed by atoms with E-state index in [1.54, 1.807) is 0 Å². The molecule has 28 heavy (non-hydrogen) atoms. The number of nitrogens with two attached hydrogens (primary N) is 1. The van der Waals surface area contributed by atoms with Gasteiger partial charge in [0.2, 0.25) is 0 Å². The van der Waals surface area contributed by atoms with Crippen molar-refractivity contribution in [2.24, 2.45) is 5.10 Å². The Hall–Kier alpha value is -3.73. The van der Waals surface area contributed by atoms with Crippen molar-refractivity contribution in [3.8, 4) is 11.4 Å². The number of nitrogens with zero attached hydrogens (tertiary/aromatic N) is 3. The van der Waals surface area contributed by atoms with Crippen LogP contribution in [0.2, 0.25) is 0 Å². The normalized spacial score (nSPS) is 11.6. The average molecular weight is 367 g/mol. The fourth-order valence-electron chi connectivity index (χ4n) is 2.92. The Bertz CT molecular complexity index is 1150. The van der Waals surface area contributed by atoms with E-state index < -0.39 is 0 Å². The van der Waals surface area contributed by atoms with E-state index in [9.17, 15) is 0 Å². The number of hydrogen-bond acceptors (Lipinski definition) is 5. The summed E-state index contributed by atoms with van der Waals surface area (Å²) in [5.41, 5.74) is 14.5. The summed E-state index contributed by atoms with van der Waals surface area (Å²) in [5, 5.41) is 5.45. The quantitative estimate of drug-likeness (QED) is 0.301. The number of aromatic nitrogens is 2. The van der Waals surface area contributed by atoms with Gasteiger partial charge < -0.3 is 5.73 Å². The van der Waals surface area contributed by atoms with Crippen LogP contribution in [0, 0.1) is 6.92 Å². The van der Waals surface area contributed by atoms with Gasteiger partial charge in [0.05, 0.1) is 11.2 Å². The van der Waals surface area contributed by atoms with Gasteiger partial charge in [-0.1, -0.05) is 54.1 Å². The zero-order valence-electron chi connectivity index (χ0n) is 15.8. The lowest BCUT2D eigenvalue weighted by molar-refractivity contribution is 1.18. The monoisotopic (exact) mass is 367 g/mol. The van der Waals surface area contributed by atoms with Gasteiger partial charge >= 0.3 is 0 Å². The van der Waals surface area contributed by atoms with Crippen LogP contribution in [0.5, 0.6) is 0 Å². The second-order valence-electron chi connectivity index (χ2n) is 6.71. The number of hydrogen-bond donors (Lipinski definition) is 2. The highest BCUT2D eigenvalue weighted by atomic mass is 15.3. The highest BCUT2D eigenvalue weighted by Crippen LogP contribution is 2.25. The first-order chi connectivity index (χ1) is 13.6. The number of nitrogens with one attached hydrogen (secondary N) is 1. The van der Waals surface area contributed by atoms with Gasteiger partial charge in [-0.3, -0.25) is 5.43 Å². The van der Waals surface area contributed by atoms with Crippen molar-refractivity contribution in [3.05, 3.63) is 83.9 Å². The molecule has 0 aliphatic carbocycles. The van der Waals surface area contributed by atoms with E-state index in [1.165, 1.54) is 5.56 Å². The van der Waals surface area contributed by atoms with Gasteiger partial charge in [0.1, 0.15) is 0 Å². The maximum absolute atomic E-state index is 5.76. The van der Waals surface area contributed by atoms with Crippen LogP contribution in [0.25, 0.3) is 22.3 Å². The maximum Gasteiger partial charge on any atom is 0.162 e. The first-order valence-electron chi connectivity index (χ1n) is 9.10. The van der Waals surface area contributed by atoms with E-state index in [1.807, 2.05) is 67.6 Å². The van der Waals surface area contributed by atoms with Gasteiger partial charge in [0.15, 0.2) is 11.6 Å². The van der Waals surface area contributed by atoms with Crippen LogP contribution in [-0.2, 0) is 0 Å². The van der Waals surface area contributed by atoms with Crippen molar-refractivity contribution in [1.82, 2.24) is 9.97 Å². The molecule has 1 heterocycles. The van der Waals surface area contributed by atoms with Crippen LogP contribution in [0.4, 0.5) is 11.5 Å². The highest BCUT2D eigenvalue weighted by molar-refractivity contribution is 6.00. The largest absolute Gasteiger partial charge is 0.399 e. The van der Waals surface area contributed by atoms with Crippen LogP contribution in [0.3, 0.4) is 0 Å². The summed E-state index contributed by atoms with van der Waals surface area (Å²) in [4.78, 5) is 9.45. The third-order valence-electron chi connectivity index (χ3n) is 4.57. The molecule has 0 amide bonds. The molecule has 0 spiro atoms. The first-order valence-corrected chi connectivity index (χ1v) is 9.10. The van der Waals surface area contributed by atoms with Crippen molar-refractivity contribution < 1.29 is 0 Å². The van der Waals surface area contributed by atoms with Crippen LogP contribution in [0.15, 0.2) is 77.9 Å². The number of anilines is 2. The second kappa shape index (κ2) is 7.48. The van der Waals surface area contributed by atoms with Crippen LogP contribution in [0.1, 0.15) is 18.1 Å². The third kappa shape index (κ3) is 3.69. The van der Waals surface area contributed by atoms with E-state index in [4.69, 9.17) is 15.7 Å². The molecule has 5 heteroatoms. The Balaban J connectivity index is 1.73. The fourth-order valence-corrected chi connectivity index (χ4v) is 2.92. The summed E-state index contributed by atoms with van der Waals surface area (Å²) in [6.07, 6.45) is 0. The van der Waals surface area contributed by atoms with E-state index in [-0.39, 0.29) is 0 Å². The Morgan fingerprint density at radius 2 is 1.61 bits per heavy atom. The third-order valence-corrected chi connectivity index (χ3v) is 4.57. The lowest BCUT2D eigenvalue weighted by Gasteiger charge is -2.09. The van der Waals surface area contributed by atoms with Gasteiger partial charge in [-0.15, -0.1) is 0 Å². The van der Waals surface area contributed by atoms with E-state index in [0.717, 1.165) is 33.4 Å². The maximum atomic E-state index is 5.76. The van der Waals surface area contributed by atoms with Gasteiger partial charge in [0, 0.05) is 16.6 Å². The van der Waals surface area contributed by atoms with Crippen LogP contribution in [-0.4, -0.2) is 15.7 Å². The number of nitrogen functional groups attached to an aromatic ring is 1. The number of rotatable bonds is 4. The van der Waals surface area contributed by atoms with Crippen LogP contribution < -0.4 is 11.2 Å². The molecule has 3 aromatic carbocycles. The molecule has 0 bridgehead atoms. The molecule has 3 N–H and O–H groups in total. The Labute approximate surface area is 164 Å². The van der Waals surface area contributed by atoms with Gasteiger partial charge in [-0.2, -0.15) is 5.10 Å². The molecule has 0 atom stereocenters. The molecular weight excluding hydrogens is 346 g/mol. The molecule has 0 saturated heterocycles. The molecule has 138 valence electrons. The van der Waals surface area contributed by atoms with Crippen molar-refractivity contribution in [1.29, 1.82) is 0 Å². The van der Waals surface area contributed by atoms with Crippen molar-refractivity contribution in [2.75, 3.05) is 11.2 Å². The smallest absolute Gasteiger partial charge is 0.162 e. The lowest BCUT2D eigenvalue weighted by atomic mass is 10.1. The van der Waals surface area contributed by atoms with Gasteiger partial charge in [-0.05, 0) is 43.7 Å². The zero-order valence-corrected chi connectivity index (χ0v) is 15.8. The van der Waals surface area contributed by atoms with E-state index in [0.29, 0.717) is 11.6 Å². The average Bonchev–Trinajstić information content (AvgIpc) is 2.72. The fraction of sp³-hybridized carbons (Fsp3) is 0.0870. The summed E-state index contributed by atoms with van der Waals surface area (Å²) in [7, 11) is 0. The molecule has 0 fully saturated rings. The summed E-state index contributed by atoms with van der Waals surface area (Å²) >= 11 is 0. The first kappa shape index (κ1) is 17.7. The molecule has 4 rings (SSSR count). The summed E-state index contributed by atoms with van der Waals surface area (Å²) in [6.45, 7) is 4.01. The molecule has 0 unspecified atom stereocenters. The van der Waals surface area contributed by atoms with Gasteiger partial charge in [-0.25, -0.2) is 9.97 Å². The molecule has 0 saturated carbocycles. The number of fused-ring (bicyclic) bond motifs is 1. The SMILES string of the molecule is C/C(=N/Nc1nc(-c2ccc(C)cc2)nc2ccccc12)c1ccc(N)cc1. The van der Waals surface area contributed by atoms with Crippen molar-refractivity contribution >= 4 is 28.1 Å². The number of aryl methyl sites for hydroxylation is 1. The number of benzene rings is 3. The van der Waals surface area contributed by atoms with Gasteiger partial charge in [0.25, 0.3) is 0 Å². The minimum absolute atomic E-state index is 0.668. The topological polar surface area (TPSA) is 76.2 Å². The Morgan fingerprint density at radius 3 is 2.36 bits per heavy atom. The zero-order chi connectivity index (χ0) is 19.5. The number of hydrazone groups is 1. The van der Waals surface area contributed by atoms with E-state index >= 15 is 0 Å². The molecular formula is C23H21N5. The molecule has 5 nitrogen and oxygen atoms in total. The van der Waals surface area contributed by atoms with Crippen molar-refractivity contribution in [3.63, 3.8) is 0 Å². The Morgan fingerprint density at radius 1 is 0.893 bits per heavy atom. The predicted octanol–water partition coefficient (Wildman–Crippen LogP) is 5.02. The van der Waals surface area contributed by atoms with E-state index in [2.05, 4.69) is 29.6 Å². The molecule has 0 aliphatic heterocycles. The molecule has 1 aromatic heterocycles. The molecule has 0 aliphatic rings. The number of para-hydroxylation sites is 1. The molecule has 4 aromatic rings.